The van der Waals surface area contributed by atoms with Gasteiger partial charge >= 0.3 is 5.97 Å². The van der Waals surface area contributed by atoms with Crippen LogP contribution in [0.1, 0.15) is 15.9 Å². The van der Waals surface area contributed by atoms with E-state index in [9.17, 15) is 4.79 Å². The number of carbonyl (C=O) groups is 1. The van der Waals surface area contributed by atoms with Crippen LogP contribution in [0.25, 0.3) is 0 Å². The van der Waals surface area contributed by atoms with Crippen molar-refractivity contribution in [1.29, 1.82) is 0 Å². The highest BCUT2D eigenvalue weighted by Crippen LogP contribution is 2.25. The van der Waals surface area contributed by atoms with Crippen molar-refractivity contribution < 1.29 is 20.1 Å². The Labute approximate surface area is 110 Å². The van der Waals surface area contributed by atoms with Crippen molar-refractivity contribution in [1.82, 2.24) is 0 Å². The van der Waals surface area contributed by atoms with Gasteiger partial charge in [0, 0.05) is 6.54 Å². The molecule has 0 saturated carbocycles. The molecule has 5 N–H and O–H groups in total. The topological polar surface area (TPSA) is 104 Å². The van der Waals surface area contributed by atoms with Crippen LogP contribution in [-0.4, -0.2) is 21.3 Å². The Bertz CT molecular complexity index is 520. The number of benzene rings is 2. The highest BCUT2D eigenvalue weighted by molar-refractivity contribution is 5.93. The predicted octanol–water partition coefficient (Wildman–Crippen LogP) is 1.94. The summed E-state index contributed by atoms with van der Waals surface area (Å²) in [6.45, 7) is 0.640. The van der Waals surface area contributed by atoms with Crippen molar-refractivity contribution in [2.75, 3.05) is 0 Å². The SMILES string of the molecule is NCc1ccccc1.O=C(O)c1c(O)cccc1O. The summed E-state index contributed by atoms with van der Waals surface area (Å²) in [4.78, 5) is 10.3. The monoisotopic (exact) mass is 261 g/mol. The van der Waals surface area contributed by atoms with E-state index in [0.717, 1.165) is 0 Å². The molecule has 0 bridgehead atoms. The van der Waals surface area contributed by atoms with Crippen LogP contribution in [0, 0.1) is 0 Å². The molecule has 0 unspecified atom stereocenters. The molecule has 0 fully saturated rings. The molecule has 0 aliphatic heterocycles. The Hall–Kier alpha value is -2.53. The van der Waals surface area contributed by atoms with E-state index >= 15 is 0 Å². The maximum Gasteiger partial charge on any atom is 0.343 e. The van der Waals surface area contributed by atoms with Crippen LogP contribution >= 0.6 is 0 Å². The van der Waals surface area contributed by atoms with Gasteiger partial charge in [-0.1, -0.05) is 36.4 Å². The molecule has 0 radical (unpaired) electrons. The highest BCUT2D eigenvalue weighted by Gasteiger charge is 2.13. The summed E-state index contributed by atoms with van der Waals surface area (Å²) in [6, 6.07) is 13.7. The van der Waals surface area contributed by atoms with Gasteiger partial charge in [-0.2, -0.15) is 0 Å². The third kappa shape index (κ3) is 4.33. The smallest absolute Gasteiger partial charge is 0.343 e. The molecule has 0 atom stereocenters. The highest BCUT2D eigenvalue weighted by atomic mass is 16.4. The second-order valence-corrected chi connectivity index (χ2v) is 3.67. The molecule has 0 aliphatic rings. The third-order valence-electron chi connectivity index (χ3n) is 2.31. The first-order chi connectivity index (χ1) is 9.06. The van der Waals surface area contributed by atoms with E-state index in [-0.39, 0.29) is 0 Å². The van der Waals surface area contributed by atoms with Gasteiger partial charge < -0.3 is 21.1 Å². The fraction of sp³-hybridized carbons (Fsp3) is 0.0714. The summed E-state index contributed by atoms with van der Waals surface area (Å²) in [5.41, 5.74) is 6.07. The van der Waals surface area contributed by atoms with Crippen molar-refractivity contribution in [2.45, 2.75) is 6.54 Å². The van der Waals surface area contributed by atoms with E-state index in [1.165, 1.54) is 23.8 Å². The number of rotatable bonds is 2. The van der Waals surface area contributed by atoms with E-state index in [0.29, 0.717) is 6.54 Å². The number of carboxylic acids is 1. The lowest BCUT2D eigenvalue weighted by Gasteiger charge is -1.99. The van der Waals surface area contributed by atoms with Crippen LogP contribution in [0.3, 0.4) is 0 Å². The van der Waals surface area contributed by atoms with Gasteiger partial charge in [-0.3, -0.25) is 0 Å². The average Bonchev–Trinajstić information content (AvgIpc) is 2.40. The van der Waals surface area contributed by atoms with Gasteiger partial charge in [0.15, 0.2) is 0 Å². The van der Waals surface area contributed by atoms with Crippen LogP contribution in [0.5, 0.6) is 11.5 Å². The number of hydrogen-bond donors (Lipinski definition) is 4. The molecule has 0 amide bonds. The Morgan fingerprint density at radius 1 is 0.947 bits per heavy atom. The van der Waals surface area contributed by atoms with Crippen LogP contribution in [-0.2, 0) is 6.54 Å². The lowest BCUT2D eigenvalue weighted by molar-refractivity contribution is 0.0690. The predicted molar refractivity (Wildman–Crippen MR) is 71.1 cm³/mol. The largest absolute Gasteiger partial charge is 0.507 e. The molecule has 2 aromatic carbocycles. The Balaban J connectivity index is 0.000000200. The summed E-state index contributed by atoms with van der Waals surface area (Å²) >= 11 is 0. The summed E-state index contributed by atoms with van der Waals surface area (Å²) in [5.74, 6) is -2.21. The molecule has 19 heavy (non-hydrogen) atoms. The van der Waals surface area contributed by atoms with Crippen molar-refractivity contribution in [3.63, 3.8) is 0 Å². The average molecular weight is 261 g/mol. The molecule has 0 aliphatic carbocycles. The number of nitrogens with two attached hydrogens (primary N) is 1. The minimum absolute atomic E-state index is 0.433. The summed E-state index contributed by atoms with van der Waals surface area (Å²) in [5, 5.41) is 26.3. The summed E-state index contributed by atoms with van der Waals surface area (Å²) in [6.07, 6.45) is 0. The quantitative estimate of drug-likeness (QED) is 0.661. The number of carboxylic acid groups (broad SMARTS) is 1. The van der Waals surface area contributed by atoms with Crippen molar-refractivity contribution in [2.24, 2.45) is 5.73 Å². The van der Waals surface area contributed by atoms with Crippen LogP contribution in [0.15, 0.2) is 48.5 Å². The number of aromatic hydroxyl groups is 2. The zero-order valence-electron chi connectivity index (χ0n) is 10.2. The van der Waals surface area contributed by atoms with E-state index in [1.807, 2.05) is 30.3 Å². The lowest BCUT2D eigenvalue weighted by atomic mass is 10.2. The number of aromatic carboxylic acids is 1. The van der Waals surface area contributed by atoms with Gasteiger partial charge in [0.2, 0.25) is 0 Å². The molecular formula is C14H15NO4. The molecule has 2 rings (SSSR count). The molecule has 0 aromatic heterocycles. The van der Waals surface area contributed by atoms with E-state index < -0.39 is 23.0 Å². The lowest BCUT2D eigenvalue weighted by Crippen LogP contribution is -1.96. The normalized spacial score (nSPS) is 9.32. The van der Waals surface area contributed by atoms with Crippen LogP contribution in [0.2, 0.25) is 0 Å². The fourth-order valence-corrected chi connectivity index (χ4v) is 1.36. The van der Waals surface area contributed by atoms with Crippen molar-refractivity contribution in [3.8, 4) is 11.5 Å². The van der Waals surface area contributed by atoms with Crippen LogP contribution < -0.4 is 5.73 Å². The van der Waals surface area contributed by atoms with Gasteiger partial charge in [0.25, 0.3) is 0 Å². The number of hydrogen-bond acceptors (Lipinski definition) is 4. The zero-order valence-corrected chi connectivity index (χ0v) is 10.2. The van der Waals surface area contributed by atoms with Crippen LogP contribution in [0.4, 0.5) is 0 Å². The molecular weight excluding hydrogens is 246 g/mol. The Morgan fingerprint density at radius 3 is 1.79 bits per heavy atom. The molecule has 0 saturated heterocycles. The summed E-state index contributed by atoms with van der Waals surface area (Å²) < 4.78 is 0. The van der Waals surface area contributed by atoms with E-state index in [2.05, 4.69) is 0 Å². The molecule has 0 spiro atoms. The molecule has 5 nitrogen and oxygen atoms in total. The maximum atomic E-state index is 10.3. The van der Waals surface area contributed by atoms with Crippen molar-refractivity contribution in [3.05, 3.63) is 59.7 Å². The van der Waals surface area contributed by atoms with Gasteiger partial charge in [0.1, 0.15) is 17.1 Å². The first-order valence-electron chi connectivity index (χ1n) is 5.54. The standard InChI is InChI=1S/C7H9N.C7H6O4/c8-6-7-4-2-1-3-5-7;8-4-2-1-3-5(9)6(4)7(10)11/h1-5H,6,8H2;1-3,8-9H,(H,10,11). The first kappa shape index (κ1) is 14.5. The number of phenols is 2. The maximum absolute atomic E-state index is 10.3. The van der Waals surface area contributed by atoms with E-state index in [1.54, 1.807) is 0 Å². The Kier molecular flexibility index (Phi) is 5.37. The first-order valence-corrected chi connectivity index (χ1v) is 5.54. The molecule has 0 heterocycles. The second kappa shape index (κ2) is 7.03. The third-order valence-corrected chi connectivity index (χ3v) is 2.31. The minimum atomic E-state index is -1.35. The molecule has 2 aromatic rings. The zero-order chi connectivity index (χ0) is 14.3. The summed E-state index contributed by atoms with van der Waals surface area (Å²) in [7, 11) is 0. The van der Waals surface area contributed by atoms with E-state index in [4.69, 9.17) is 21.1 Å². The van der Waals surface area contributed by atoms with Gasteiger partial charge in [-0.05, 0) is 17.7 Å². The van der Waals surface area contributed by atoms with Gasteiger partial charge in [-0.25, -0.2) is 4.79 Å². The Morgan fingerprint density at radius 2 is 1.47 bits per heavy atom. The van der Waals surface area contributed by atoms with Gasteiger partial charge in [-0.15, -0.1) is 0 Å². The molecule has 5 heteroatoms. The van der Waals surface area contributed by atoms with Gasteiger partial charge in [0.05, 0.1) is 0 Å². The van der Waals surface area contributed by atoms with Crippen molar-refractivity contribution >= 4 is 5.97 Å². The fourth-order valence-electron chi connectivity index (χ4n) is 1.36. The minimum Gasteiger partial charge on any atom is -0.507 e. The molecule has 100 valence electrons. The second-order valence-electron chi connectivity index (χ2n) is 3.67.